The van der Waals surface area contributed by atoms with E-state index in [1.165, 1.54) is 4.90 Å². The highest BCUT2D eigenvalue weighted by molar-refractivity contribution is 6.07. The Morgan fingerprint density at radius 1 is 1.19 bits per heavy atom. The van der Waals surface area contributed by atoms with Crippen molar-refractivity contribution in [3.8, 4) is 5.75 Å². The van der Waals surface area contributed by atoms with E-state index in [4.69, 9.17) is 4.74 Å². The van der Waals surface area contributed by atoms with Gasteiger partial charge >= 0.3 is 6.03 Å². The second-order valence-electron chi connectivity index (χ2n) is 8.00. The van der Waals surface area contributed by atoms with Gasteiger partial charge < -0.3 is 10.1 Å². The van der Waals surface area contributed by atoms with Crippen molar-refractivity contribution in [2.75, 3.05) is 20.3 Å². The molecule has 6 nitrogen and oxygen atoms in total. The number of imide groups is 1. The van der Waals surface area contributed by atoms with E-state index in [9.17, 15) is 9.59 Å². The summed E-state index contributed by atoms with van der Waals surface area (Å²) in [7, 11) is 1.93. The van der Waals surface area contributed by atoms with Crippen LogP contribution in [0.2, 0.25) is 0 Å². The molecule has 1 aromatic rings. The number of carbonyl (C=O) groups excluding carboxylic acids is 2. The van der Waals surface area contributed by atoms with E-state index in [0.717, 1.165) is 30.6 Å². The SMILES string of the molecule is CCOc1ccc(CN(C)CN2C(=O)NC3(C2=O)C(C)CCCC3C)cc1. The number of ether oxygens (including phenoxy) is 1. The quantitative estimate of drug-likeness (QED) is 0.778. The normalized spacial score (nSPS) is 28.1. The zero-order valence-electron chi connectivity index (χ0n) is 16.8. The maximum absolute atomic E-state index is 13.2. The van der Waals surface area contributed by atoms with Crippen LogP contribution in [0.25, 0.3) is 0 Å². The Morgan fingerprint density at radius 3 is 2.41 bits per heavy atom. The zero-order valence-corrected chi connectivity index (χ0v) is 16.8. The molecule has 1 aliphatic heterocycles. The number of rotatable bonds is 6. The van der Waals surface area contributed by atoms with Crippen LogP contribution in [0.5, 0.6) is 5.75 Å². The van der Waals surface area contributed by atoms with Crippen LogP contribution < -0.4 is 10.1 Å². The van der Waals surface area contributed by atoms with Crippen molar-refractivity contribution in [2.24, 2.45) is 11.8 Å². The summed E-state index contributed by atoms with van der Waals surface area (Å²) in [6, 6.07) is 7.65. The van der Waals surface area contributed by atoms with Crippen LogP contribution in [0, 0.1) is 11.8 Å². The third kappa shape index (κ3) is 3.68. The highest BCUT2D eigenvalue weighted by atomic mass is 16.5. The van der Waals surface area contributed by atoms with Gasteiger partial charge in [0.15, 0.2) is 0 Å². The summed E-state index contributed by atoms with van der Waals surface area (Å²) >= 11 is 0. The highest BCUT2D eigenvalue weighted by Crippen LogP contribution is 2.42. The van der Waals surface area contributed by atoms with E-state index in [1.807, 2.05) is 43.1 Å². The van der Waals surface area contributed by atoms with Crippen molar-refractivity contribution in [1.82, 2.24) is 15.1 Å². The molecule has 1 spiro atoms. The van der Waals surface area contributed by atoms with Crippen LogP contribution >= 0.6 is 0 Å². The average Bonchev–Trinajstić information content (AvgIpc) is 2.87. The third-order valence-electron chi connectivity index (χ3n) is 6.06. The van der Waals surface area contributed by atoms with E-state index in [0.29, 0.717) is 19.8 Å². The van der Waals surface area contributed by atoms with Crippen LogP contribution in [-0.2, 0) is 11.3 Å². The molecule has 148 valence electrons. The zero-order chi connectivity index (χ0) is 19.6. The number of amides is 3. The Bertz CT molecular complexity index is 678. The maximum Gasteiger partial charge on any atom is 0.326 e. The summed E-state index contributed by atoms with van der Waals surface area (Å²) in [4.78, 5) is 29.2. The molecule has 3 rings (SSSR count). The summed E-state index contributed by atoms with van der Waals surface area (Å²) in [5.41, 5.74) is 0.386. The van der Waals surface area contributed by atoms with Crippen LogP contribution in [0.1, 0.15) is 45.6 Å². The molecular formula is C21H31N3O3. The minimum atomic E-state index is -0.727. The third-order valence-corrected chi connectivity index (χ3v) is 6.06. The number of urea groups is 1. The molecule has 2 fully saturated rings. The predicted octanol–water partition coefficient (Wildman–Crippen LogP) is 3.22. The molecule has 2 unspecified atom stereocenters. The second-order valence-corrected chi connectivity index (χ2v) is 8.00. The first-order chi connectivity index (χ1) is 12.9. The Hall–Kier alpha value is -2.08. The lowest BCUT2D eigenvalue weighted by Gasteiger charge is -2.42. The number of benzene rings is 1. The van der Waals surface area contributed by atoms with Gasteiger partial charge in [0.05, 0.1) is 13.3 Å². The fraction of sp³-hybridized carbons (Fsp3) is 0.619. The van der Waals surface area contributed by atoms with Gasteiger partial charge in [0.2, 0.25) is 0 Å². The number of carbonyl (C=O) groups is 2. The summed E-state index contributed by atoms with van der Waals surface area (Å²) in [5.74, 6) is 1.11. The lowest BCUT2D eigenvalue weighted by molar-refractivity contribution is -0.137. The Kier molecular flexibility index (Phi) is 5.75. The molecule has 6 heteroatoms. The highest BCUT2D eigenvalue weighted by Gasteiger charge is 2.58. The van der Waals surface area contributed by atoms with E-state index in [1.54, 1.807) is 0 Å². The van der Waals surface area contributed by atoms with Gasteiger partial charge in [-0.05, 0) is 56.3 Å². The van der Waals surface area contributed by atoms with Gasteiger partial charge in [-0.1, -0.05) is 32.4 Å². The molecule has 0 radical (unpaired) electrons. The van der Waals surface area contributed by atoms with E-state index < -0.39 is 5.54 Å². The fourth-order valence-electron chi connectivity index (χ4n) is 4.54. The van der Waals surface area contributed by atoms with Gasteiger partial charge in [0.1, 0.15) is 11.3 Å². The minimum absolute atomic E-state index is 0.0641. The number of hydrogen-bond donors (Lipinski definition) is 1. The molecule has 1 heterocycles. The first-order valence-corrected chi connectivity index (χ1v) is 9.92. The van der Waals surface area contributed by atoms with E-state index >= 15 is 0 Å². The molecule has 2 atom stereocenters. The topological polar surface area (TPSA) is 61.9 Å². The van der Waals surface area contributed by atoms with Crippen LogP contribution in [0.15, 0.2) is 24.3 Å². The summed E-state index contributed by atoms with van der Waals surface area (Å²) in [5, 5.41) is 3.05. The van der Waals surface area contributed by atoms with Gasteiger partial charge in [-0.3, -0.25) is 9.69 Å². The van der Waals surface area contributed by atoms with Crippen LogP contribution in [0.4, 0.5) is 4.79 Å². The Morgan fingerprint density at radius 2 is 1.81 bits per heavy atom. The molecular weight excluding hydrogens is 342 g/mol. The summed E-state index contributed by atoms with van der Waals surface area (Å²) < 4.78 is 5.47. The van der Waals surface area contributed by atoms with Crippen LogP contribution in [-0.4, -0.2) is 47.6 Å². The molecule has 1 N–H and O–H groups in total. The Labute approximate surface area is 161 Å². The largest absolute Gasteiger partial charge is 0.494 e. The molecule has 2 aliphatic rings. The molecule has 0 bridgehead atoms. The predicted molar refractivity (Wildman–Crippen MR) is 104 cm³/mol. The van der Waals surface area contributed by atoms with Gasteiger partial charge in [-0.25, -0.2) is 9.69 Å². The summed E-state index contributed by atoms with van der Waals surface area (Å²) in [6.07, 6.45) is 3.07. The molecule has 1 aromatic carbocycles. The second kappa shape index (κ2) is 7.89. The average molecular weight is 373 g/mol. The Balaban J connectivity index is 1.66. The van der Waals surface area contributed by atoms with E-state index in [2.05, 4.69) is 19.2 Å². The standard InChI is InChI=1S/C21H31N3O3/c1-5-27-18-11-9-17(10-12-18)13-23(4)14-24-19(25)21(22-20(24)26)15(2)7-6-8-16(21)3/h9-12,15-16H,5-8,13-14H2,1-4H3,(H,22,26). The van der Waals surface area contributed by atoms with Gasteiger partial charge in [-0.2, -0.15) is 0 Å². The number of nitrogens with zero attached hydrogens (tertiary/aromatic N) is 2. The maximum atomic E-state index is 13.2. The summed E-state index contributed by atoms with van der Waals surface area (Å²) in [6.45, 7) is 7.72. The van der Waals surface area contributed by atoms with Crippen molar-refractivity contribution < 1.29 is 14.3 Å². The minimum Gasteiger partial charge on any atom is -0.494 e. The van der Waals surface area contributed by atoms with Crippen LogP contribution in [0.3, 0.4) is 0 Å². The molecule has 27 heavy (non-hydrogen) atoms. The van der Waals surface area contributed by atoms with Gasteiger partial charge in [0.25, 0.3) is 5.91 Å². The van der Waals surface area contributed by atoms with Crippen molar-refractivity contribution in [3.05, 3.63) is 29.8 Å². The molecule has 0 aromatic heterocycles. The smallest absolute Gasteiger partial charge is 0.326 e. The van der Waals surface area contributed by atoms with Crippen molar-refractivity contribution in [2.45, 2.75) is 52.1 Å². The molecule has 1 saturated heterocycles. The van der Waals surface area contributed by atoms with Gasteiger partial charge in [-0.15, -0.1) is 0 Å². The van der Waals surface area contributed by atoms with Crippen molar-refractivity contribution >= 4 is 11.9 Å². The fourth-order valence-corrected chi connectivity index (χ4v) is 4.54. The lowest BCUT2D eigenvalue weighted by atomic mass is 9.67. The monoisotopic (exact) mass is 373 g/mol. The lowest BCUT2D eigenvalue weighted by Crippen LogP contribution is -2.59. The van der Waals surface area contributed by atoms with Gasteiger partial charge in [0, 0.05) is 6.54 Å². The molecule has 1 saturated carbocycles. The number of nitrogens with one attached hydrogen (secondary N) is 1. The molecule has 1 aliphatic carbocycles. The van der Waals surface area contributed by atoms with E-state index in [-0.39, 0.29) is 23.8 Å². The number of hydrogen-bond acceptors (Lipinski definition) is 4. The first-order valence-electron chi connectivity index (χ1n) is 9.92. The first kappa shape index (κ1) is 19.7. The van der Waals surface area contributed by atoms with Crippen molar-refractivity contribution in [1.29, 1.82) is 0 Å². The molecule has 3 amide bonds. The van der Waals surface area contributed by atoms with Crippen molar-refractivity contribution in [3.63, 3.8) is 0 Å².